The molecule has 2 aliphatic heterocycles. The maximum absolute atomic E-state index is 12.4. The average molecular weight is 319 g/mol. The first-order chi connectivity index (χ1) is 10.6. The topological polar surface area (TPSA) is 36.4 Å². The van der Waals surface area contributed by atoms with E-state index in [9.17, 15) is 4.79 Å². The molecule has 0 radical (unpaired) electrons. The van der Waals surface area contributed by atoms with Gasteiger partial charge < -0.3 is 4.90 Å². The SMILES string of the molecule is C=CCN1C(=O)CCC[C@]12CCCN(Cc1csc(C)n1)C2. The summed E-state index contributed by atoms with van der Waals surface area (Å²) in [5, 5.41) is 3.28. The minimum atomic E-state index is 0.0207. The molecule has 22 heavy (non-hydrogen) atoms. The zero-order valence-electron chi connectivity index (χ0n) is 13.4. The number of carbonyl (C=O) groups is 1. The van der Waals surface area contributed by atoms with Crippen LogP contribution in [0.4, 0.5) is 0 Å². The first kappa shape index (κ1) is 15.7. The van der Waals surface area contributed by atoms with Crippen LogP contribution in [-0.4, -0.2) is 45.9 Å². The van der Waals surface area contributed by atoms with E-state index < -0.39 is 0 Å². The van der Waals surface area contributed by atoms with Gasteiger partial charge in [-0.05, 0) is 39.2 Å². The van der Waals surface area contributed by atoms with E-state index in [2.05, 4.69) is 33.7 Å². The molecule has 0 unspecified atom stereocenters. The summed E-state index contributed by atoms with van der Waals surface area (Å²) in [7, 11) is 0. The molecule has 4 nitrogen and oxygen atoms in total. The summed E-state index contributed by atoms with van der Waals surface area (Å²) in [5.74, 6) is 0.303. The Morgan fingerprint density at radius 2 is 2.27 bits per heavy atom. The molecular formula is C17H25N3OS. The van der Waals surface area contributed by atoms with Gasteiger partial charge in [-0.3, -0.25) is 9.69 Å². The summed E-state index contributed by atoms with van der Waals surface area (Å²) in [4.78, 5) is 21.5. The summed E-state index contributed by atoms with van der Waals surface area (Å²) >= 11 is 1.71. The predicted octanol–water partition coefficient (Wildman–Crippen LogP) is 2.98. The summed E-state index contributed by atoms with van der Waals surface area (Å²) in [6, 6.07) is 0. The van der Waals surface area contributed by atoms with Gasteiger partial charge in [0, 0.05) is 31.4 Å². The Hall–Kier alpha value is -1.20. The van der Waals surface area contributed by atoms with E-state index in [1.807, 2.05) is 6.08 Å². The van der Waals surface area contributed by atoms with Crippen LogP contribution in [0.3, 0.4) is 0 Å². The Bertz CT molecular complexity index is 552. The minimum absolute atomic E-state index is 0.0207. The monoisotopic (exact) mass is 319 g/mol. The number of piperidine rings is 2. The lowest BCUT2D eigenvalue weighted by Crippen LogP contribution is -2.62. The maximum atomic E-state index is 12.4. The average Bonchev–Trinajstić information content (AvgIpc) is 2.89. The smallest absolute Gasteiger partial charge is 0.223 e. The second kappa shape index (κ2) is 6.50. The number of amides is 1. The Balaban J connectivity index is 1.74. The maximum Gasteiger partial charge on any atom is 0.223 e. The number of hydrogen-bond donors (Lipinski definition) is 0. The van der Waals surface area contributed by atoms with Crippen LogP contribution < -0.4 is 0 Å². The lowest BCUT2D eigenvalue weighted by molar-refractivity contribution is -0.144. The van der Waals surface area contributed by atoms with Gasteiger partial charge in [-0.2, -0.15) is 0 Å². The molecule has 0 aromatic carbocycles. The number of thiazole rings is 1. The first-order valence-electron chi connectivity index (χ1n) is 8.18. The number of carbonyl (C=O) groups excluding carboxylic acids is 1. The summed E-state index contributed by atoms with van der Waals surface area (Å²) in [6.07, 6.45) is 6.99. The quantitative estimate of drug-likeness (QED) is 0.801. The van der Waals surface area contributed by atoms with Crippen molar-refractivity contribution in [2.45, 2.75) is 51.1 Å². The molecule has 120 valence electrons. The van der Waals surface area contributed by atoms with Gasteiger partial charge in [-0.15, -0.1) is 17.9 Å². The molecule has 5 heteroatoms. The van der Waals surface area contributed by atoms with Crippen LogP contribution in [0.5, 0.6) is 0 Å². The van der Waals surface area contributed by atoms with Crippen LogP contribution in [0.15, 0.2) is 18.0 Å². The highest BCUT2D eigenvalue weighted by Gasteiger charge is 2.44. The lowest BCUT2D eigenvalue weighted by atomic mass is 9.79. The molecule has 3 heterocycles. The van der Waals surface area contributed by atoms with Crippen molar-refractivity contribution in [1.29, 1.82) is 0 Å². The highest BCUT2D eigenvalue weighted by atomic mass is 32.1. The van der Waals surface area contributed by atoms with E-state index in [4.69, 9.17) is 0 Å². The van der Waals surface area contributed by atoms with E-state index in [0.29, 0.717) is 18.9 Å². The summed E-state index contributed by atoms with van der Waals surface area (Å²) in [6.45, 7) is 9.56. The van der Waals surface area contributed by atoms with Gasteiger partial charge in [-0.25, -0.2) is 4.98 Å². The van der Waals surface area contributed by atoms with Gasteiger partial charge in [0.05, 0.1) is 16.2 Å². The fourth-order valence-corrected chi connectivity index (χ4v) is 4.61. The van der Waals surface area contributed by atoms with Crippen molar-refractivity contribution in [3.05, 3.63) is 28.7 Å². The van der Waals surface area contributed by atoms with E-state index >= 15 is 0 Å². The lowest BCUT2D eigenvalue weighted by Gasteiger charge is -2.52. The van der Waals surface area contributed by atoms with Crippen molar-refractivity contribution >= 4 is 17.2 Å². The van der Waals surface area contributed by atoms with Gasteiger partial charge >= 0.3 is 0 Å². The molecule has 0 aliphatic carbocycles. The third-order valence-corrected chi connectivity index (χ3v) is 5.73. The van der Waals surface area contributed by atoms with Gasteiger partial charge in [0.2, 0.25) is 5.91 Å². The molecule has 1 aromatic rings. The van der Waals surface area contributed by atoms with Gasteiger partial charge in [-0.1, -0.05) is 6.08 Å². The van der Waals surface area contributed by atoms with E-state index in [1.165, 1.54) is 0 Å². The largest absolute Gasteiger partial charge is 0.332 e. The molecule has 0 saturated carbocycles. The predicted molar refractivity (Wildman–Crippen MR) is 89.9 cm³/mol. The Labute approximate surface area is 136 Å². The number of likely N-dealkylation sites (tertiary alicyclic amines) is 2. The van der Waals surface area contributed by atoms with Crippen LogP contribution in [0.25, 0.3) is 0 Å². The Kier molecular flexibility index (Phi) is 4.64. The Morgan fingerprint density at radius 3 is 3.00 bits per heavy atom. The zero-order valence-corrected chi connectivity index (χ0v) is 14.2. The number of aryl methyl sites for hydroxylation is 1. The molecule has 1 amide bonds. The van der Waals surface area contributed by atoms with Crippen molar-refractivity contribution in [2.24, 2.45) is 0 Å². The van der Waals surface area contributed by atoms with Crippen LogP contribution in [0.2, 0.25) is 0 Å². The van der Waals surface area contributed by atoms with Gasteiger partial charge in [0.25, 0.3) is 0 Å². The fourth-order valence-electron chi connectivity index (χ4n) is 4.00. The van der Waals surface area contributed by atoms with Crippen LogP contribution in [-0.2, 0) is 11.3 Å². The van der Waals surface area contributed by atoms with Gasteiger partial charge in [0.1, 0.15) is 0 Å². The second-order valence-corrected chi connectivity index (χ2v) is 7.61. The van der Waals surface area contributed by atoms with Crippen LogP contribution in [0, 0.1) is 6.92 Å². The molecule has 2 aliphatic rings. The second-order valence-electron chi connectivity index (χ2n) is 6.54. The van der Waals surface area contributed by atoms with Crippen molar-refractivity contribution in [2.75, 3.05) is 19.6 Å². The van der Waals surface area contributed by atoms with Crippen molar-refractivity contribution in [3.63, 3.8) is 0 Å². The van der Waals surface area contributed by atoms with Crippen molar-refractivity contribution in [3.8, 4) is 0 Å². The molecule has 1 spiro atoms. The molecule has 0 bridgehead atoms. The zero-order chi connectivity index (χ0) is 15.6. The standard InChI is InChI=1S/C17H25N3OS/c1-3-9-20-16(21)6-4-7-17(20)8-5-10-19(13-17)11-15-12-22-14(2)18-15/h3,12H,1,4-11,13H2,2H3/t17-/m1/s1. The summed E-state index contributed by atoms with van der Waals surface area (Å²) in [5.41, 5.74) is 1.18. The molecule has 0 N–H and O–H groups in total. The number of hydrogen-bond acceptors (Lipinski definition) is 4. The number of nitrogens with zero attached hydrogens (tertiary/aromatic N) is 3. The van der Waals surface area contributed by atoms with Crippen molar-refractivity contribution < 1.29 is 4.79 Å². The van der Waals surface area contributed by atoms with Crippen molar-refractivity contribution in [1.82, 2.24) is 14.8 Å². The third kappa shape index (κ3) is 3.10. The third-order valence-electron chi connectivity index (χ3n) is 4.90. The molecule has 1 aromatic heterocycles. The normalized spacial score (nSPS) is 26.6. The van der Waals surface area contributed by atoms with Crippen LogP contribution >= 0.6 is 11.3 Å². The first-order valence-corrected chi connectivity index (χ1v) is 9.06. The minimum Gasteiger partial charge on any atom is -0.332 e. The fraction of sp³-hybridized carbons (Fsp3) is 0.647. The molecular weight excluding hydrogens is 294 g/mol. The van der Waals surface area contributed by atoms with E-state index in [1.54, 1.807) is 11.3 Å². The van der Waals surface area contributed by atoms with Crippen LogP contribution in [0.1, 0.15) is 42.8 Å². The van der Waals surface area contributed by atoms with E-state index in [0.717, 1.165) is 56.0 Å². The van der Waals surface area contributed by atoms with E-state index in [-0.39, 0.29) is 5.54 Å². The van der Waals surface area contributed by atoms with Gasteiger partial charge in [0.15, 0.2) is 0 Å². The molecule has 1 atom stereocenters. The highest BCUT2D eigenvalue weighted by molar-refractivity contribution is 7.09. The Morgan fingerprint density at radius 1 is 1.45 bits per heavy atom. The molecule has 3 rings (SSSR count). The summed E-state index contributed by atoms with van der Waals surface area (Å²) < 4.78 is 0. The highest BCUT2D eigenvalue weighted by Crippen LogP contribution is 2.37. The molecule has 2 fully saturated rings. The number of aromatic nitrogens is 1. The molecule has 2 saturated heterocycles. The number of rotatable bonds is 4.